The minimum absolute atomic E-state index is 0.212. The van der Waals surface area contributed by atoms with Crippen LogP contribution < -0.4 is 14.5 Å². The molecular formula is C28H24FN4O4+. The molecular weight excluding hydrogens is 475 g/mol. The number of rotatable bonds is 4. The number of ether oxygens (including phenoxy) is 1. The summed E-state index contributed by atoms with van der Waals surface area (Å²) in [7, 11) is 0. The Kier molecular flexibility index (Phi) is 5.67. The Labute approximate surface area is 212 Å². The van der Waals surface area contributed by atoms with Gasteiger partial charge in [0.25, 0.3) is 12.0 Å². The summed E-state index contributed by atoms with van der Waals surface area (Å²) in [5.74, 6) is -0.814. The van der Waals surface area contributed by atoms with E-state index in [9.17, 15) is 18.8 Å². The molecule has 0 saturated carbocycles. The monoisotopic (exact) mass is 499 g/mol. The Bertz CT molecular complexity index is 1420. The average molecular weight is 500 g/mol. The molecule has 0 bridgehead atoms. The maximum Gasteiger partial charge on any atom is 0.506 e. The number of urea groups is 1. The first kappa shape index (κ1) is 22.9. The van der Waals surface area contributed by atoms with Crippen molar-refractivity contribution in [2.45, 2.75) is 6.10 Å². The first-order valence-electron chi connectivity index (χ1n) is 12.1. The highest BCUT2D eigenvalue weighted by atomic mass is 19.1. The minimum Gasteiger partial charge on any atom is -0.469 e. The number of carbonyl (C=O) groups is 3. The predicted molar refractivity (Wildman–Crippen MR) is 135 cm³/mol. The van der Waals surface area contributed by atoms with E-state index in [1.807, 2.05) is 30.3 Å². The van der Waals surface area contributed by atoms with Gasteiger partial charge in [0, 0.05) is 31.9 Å². The first-order chi connectivity index (χ1) is 18.0. The topological polar surface area (TPSA) is 73.2 Å². The summed E-state index contributed by atoms with van der Waals surface area (Å²) in [6.07, 6.45) is -1.08. The molecule has 37 heavy (non-hydrogen) atoms. The fourth-order valence-electron chi connectivity index (χ4n) is 5.06. The molecule has 0 aromatic heterocycles. The van der Waals surface area contributed by atoms with Gasteiger partial charge in [-0.15, -0.1) is 4.90 Å². The number of anilines is 2. The highest BCUT2D eigenvalue weighted by Crippen LogP contribution is 2.33. The summed E-state index contributed by atoms with van der Waals surface area (Å²) in [6, 6.07) is 21.5. The number of carbonyl (C=O) groups excluding carboxylic acids is 3. The molecule has 4 amide bonds. The lowest BCUT2D eigenvalue weighted by Gasteiger charge is -2.36. The quantitative estimate of drug-likeness (QED) is 0.517. The average Bonchev–Trinajstić information content (AvgIpc) is 3.33. The molecule has 0 spiro atoms. The summed E-state index contributed by atoms with van der Waals surface area (Å²) in [6.45, 7) is 2.15. The van der Waals surface area contributed by atoms with Crippen molar-refractivity contribution in [3.05, 3.63) is 90.2 Å². The number of fused-ring (bicyclic) bond motifs is 3. The molecule has 0 aliphatic carbocycles. The van der Waals surface area contributed by atoms with Gasteiger partial charge in [-0.25, -0.2) is 9.18 Å². The van der Waals surface area contributed by atoms with E-state index in [4.69, 9.17) is 4.74 Å². The number of hydrogen-bond acceptors (Lipinski definition) is 5. The minimum atomic E-state index is -1.08. The van der Waals surface area contributed by atoms with Crippen molar-refractivity contribution in [2.24, 2.45) is 0 Å². The maximum absolute atomic E-state index is 13.7. The Morgan fingerprint density at radius 2 is 1.54 bits per heavy atom. The Morgan fingerprint density at radius 3 is 2.27 bits per heavy atom. The SMILES string of the molecule is O=C(C[N+]1=C2c3ccccc3OC2C(=O)N(c2ccc(F)cc2)C1=O)N1CCN(c2ccccc2)CC1. The molecule has 3 heterocycles. The van der Waals surface area contributed by atoms with Crippen LogP contribution >= 0.6 is 0 Å². The van der Waals surface area contributed by atoms with Crippen LogP contribution in [0.3, 0.4) is 0 Å². The summed E-state index contributed by atoms with van der Waals surface area (Å²) < 4.78 is 20.8. The zero-order valence-corrected chi connectivity index (χ0v) is 19.9. The van der Waals surface area contributed by atoms with Crippen LogP contribution in [0.15, 0.2) is 78.9 Å². The fraction of sp³-hybridized carbons (Fsp3) is 0.214. The van der Waals surface area contributed by atoms with Crippen LogP contribution in [0.4, 0.5) is 20.6 Å². The van der Waals surface area contributed by atoms with Crippen LogP contribution in [0, 0.1) is 5.82 Å². The van der Waals surface area contributed by atoms with Gasteiger partial charge in [-0.05, 0) is 48.5 Å². The highest BCUT2D eigenvalue weighted by molar-refractivity contribution is 6.29. The van der Waals surface area contributed by atoms with Crippen LogP contribution in [0.1, 0.15) is 5.56 Å². The fourth-order valence-corrected chi connectivity index (χ4v) is 5.06. The first-order valence-corrected chi connectivity index (χ1v) is 12.1. The highest BCUT2D eigenvalue weighted by Gasteiger charge is 2.55. The molecule has 0 radical (unpaired) electrons. The zero-order valence-electron chi connectivity index (χ0n) is 19.9. The molecule has 1 saturated heterocycles. The van der Waals surface area contributed by atoms with Gasteiger partial charge in [0.1, 0.15) is 17.3 Å². The Balaban J connectivity index is 1.30. The van der Waals surface area contributed by atoms with Crippen molar-refractivity contribution in [3.8, 4) is 5.75 Å². The molecule has 3 aromatic carbocycles. The van der Waals surface area contributed by atoms with E-state index in [1.165, 1.54) is 28.8 Å². The van der Waals surface area contributed by atoms with Gasteiger partial charge in [-0.3, -0.25) is 4.79 Å². The number of halogens is 1. The van der Waals surface area contributed by atoms with E-state index in [0.29, 0.717) is 43.2 Å². The van der Waals surface area contributed by atoms with Gasteiger partial charge in [-0.2, -0.15) is 9.37 Å². The van der Waals surface area contributed by atoms with Crippen molar-refractivity contribution in [2.75, 3.05) is 42.5 Å². The van der Waals surface area contributed by atoms with E-state index in [0.717, 1.165) is 10.6 Å². The second-order valence-corrected chi connectivity index (χ2v) is 9.10. The van der Waals surface area contributed by atoms with Gasteiger partial charge in [0.05, 0.1) is 5.56 Å². The Morgan fingerprint density at radius 1 is 0.865 bits per heavy atom. The molecule has 1 atom stereocenters. The summed E-state index contributed by atoms with van der Waals surface area (Å²) in [5, 5.41) is 0. The molecule has 1 unspecified atom stereocenters. The third-order valence-electron chi connectivity index (χ3n) is 6.95. The van der Waals surface area contributed by atoms with E-state index in [1.54, 1.807) is 29.2 Å². The summed E-state index contributed by atoms with van der Waals surface area (Å²) in [4.78, 5) is 45.5. The number of benzene rings is 3. The lowest BCUT2D eigenvalue weighted by atomic mass is 10.0. The van der Waals surface area contributed by atoms with E-state index < -0.39 is 23.9 Å². The van der Waals surface area contributed by atoms with Gasteiger partial charge in [0.2, 0.25) is 0 Å². The molecule has 0 N–H and O–H groups in total. The van der Waals surface area contributed by atoms with Crippen molar-refractivity contribution in [3.63, 3.8) is 0 Å². The second-order valence-electron chi connectivity index (χ2n) is 9.10. The summed E-state index contributed by atoms with van der Waals surface area (Å²) in [5.41, 5.74) is 2.28. The predicted octanol–water partition coefficient (Wildman–Crippen LogP) is 2.90. The molecule has 3 aliphatic heterocycles. The Hall–Kier alpha value is -4.53. The van der Waals surface area contributed by atoms with Crippen LogP contribution in [0.5, 0.6) is 5.75 Å². The normalized spacial score (nSPS) is 19.1. The molecule has 3 aliphatic rings. The smallest absolute Gasteiger partial charge is 0.469 e. The van der Waals surface area contributed by atoms with Crippen LogP contribution in [-0.4, -0.2) is 71.9 Å². The largest absolute Gasteiger partial charge is 0.506 e. The maximum atomic E-state index is 13.7. The van der Waals surface area contributed by atoms with Crippen molar-refractivity contribution < 1.29 is 28.1 Å². The number of amides is 4. The van der Waals surface area contributed by atoms with E-state index in [2.05, 4.69) is 4.90 Å². The molecule has 186 valence electrons. The standard InChI is InChI=1S/C28H24FN4O4/c29-19-10-12-21(13-11-19)33-27(35)26-25(22-8-4-5-9-23(22)37-26)32(28(33)36)18-24(34)31-16-14-30(15-17-31)20-6-2-1-3-7-20/h1-13,26H,14-18H2/q+1. The van der Waals surface area contributed by atoms with Crippen molar-refractivity contribution >= 4 is 34.9 Å². The molecule has 6 rings (SSSR count). The van der Waals surface area contributed by atoms with E-state index >= 15 is 0 Å². The number of nitrogens with zero attached hydrogens (tertiary/aromatic N) is 4. The van der Waals surface area contributed by atoms with Crippen LogP contribution in [-0.2, 0) is 9.59 Å². The van der Waals surface area contributed by atoms with Crippen LogP contribution in [0.25, 0.3) is 0 Å². The number of imide groups is 1. The lowest BCUT2D eigenvalue weighted by molar-refractivity contribution is -0.418. The van der Waals surface area contributed by atoms with Gasteiger partial charge >= 0.3 is 11.9 Å². The van der Waals surface area contributed by atoms with Gasteiger partial charge in [-0.1, -0.05) is 30.3 Å². The molecule has 8 nitrogen and oxygen atoms in total. The number of para-hydroxylation sites is 2. The third-order valence-corrected chi connectivity index (χ3v) is 6.95. The summed E-state index contributed by atoms with van der Waals surface area (Å²) >= 11 is 0. The molecule has 9 heteroatoms. The lowest BCUT2D eigenvalue weighted by Crippen LogP contribution is -2.60. The zero-order chi connectivity index (χ0) is 25.5. The van der Waals surface area contributed by atoms with Crippen LogP contribution in [0.2, 0.25) is 0 Å². The number of hydrogen-bond donors (Lipinski definition) is 0. The molecule has 3 aromatic rings. The van der Waals surface area contributed by atoms with Gasteiger partial charge in [0.15, 0.2) is 12.3 Å². The third kappa shape index (κ3) is 4.02. The van der Waals surface area contributed by atoms with Crippen molar-refractivity contribution in [1.29, 1.82) is 0 Å². The van der Waals surface area contributed by atoms with Crippen molar-refractivity contribution in [1.82, 2.24) is 4.90 Å². The molecule has 1 fully saturated rings. The second kappa shape index (κ2) is 9.16. The number of piperazine rings is 1. The van der Waals surface area contributed by atoms with E-state index in [-0.39, 0.29) is 18.1 Å². The van der Waals surface area contributed by atoms with Gasteiger partial charge < -0.3 is 14.5 Å².